The lowest BCUT2D eigenvalue weighted by Crippen LogP contribution is -2.21. The van der Waals surface area contributed by atoms with Crippen LogP contribution in [-0.4, -0.2) is 106 Å². The second kappa shape index (κ2) is 19.8. The van der Waals surface area contributed by atoms with Crippen molar-refractivity contribution < 1.29 is 36.8 Å². The van der Waals surface area contributed by atoms with Gasteiger partial charge >= 0.3 is 0 Å². The molecule has 160 valence electrons. The number of ether oxygens (including phenoxy) is 6. The summed E-state index contributed by atoms with van der Waals surface area (Å²) < 4.78 is 54.5. The van der Waals surface area contributed by atoms with Crippen LogP contribution >= 0.6 is 0 Å². The Kier molecular flexibility index (Phi) is 19.1. The Labute approximate surface area is 160 Å². The fourth-order valence-electron chi connectivity index (χ4n) is 1.63. The van der Waals surface area contributed by atoms with Crippen LogP contribution in [0.15, 0.2) is 5.11 Å². The molecule has 0 aliphatic rings. The molecule has 0 fully saturated rings. The van der Waals surface area contributed by atoms with Gasteiger partial charge in [0.25, 0.3) is 0 Å². The highest BCUT2D eigenvalue weighted by Gasteiger charge is 2.10. The number of nitrogens with zero attached hydrogens (tertiary/aromatic N) is 3. The van der Waals surface area contributed by atoms with E-state index < -0.39 is 9.84 Å². The molecule has 11 nitrogen and oxygen atoms in total. The minimum atomic E-state index is -3.20. The van der Waals surface area contributed by atoms with E-state index in [1.807, 2.05) is 0 Å². The number of hydrogen-bond acceptors (Lipinski definition) is 9. The van der Waals surface area contributed by atoms with E-state index in [-0.39, 0.29) is 24.7 Å². The van der Waals surface area contributed by atoms with Gasteiger partial charge in [-0.05, 0) is 5.53 Å². The van der Waals surface area contributed by atoms with Crippen molar-refractivity contribution in [2.24, 2.45) is 5.11 Å². The molecule has 12 heteroatoms. The molecule has 0 aromatic rings. The Hall–Kier alpha value is -0.980. The highest BCUT2D eigenvalue weighted by atomic mass is 32.2. The molecule has 0 atom stereocenters. The van der Waals surface area contributed by atoms with Crippen LogP contribution in [0.3, 0.4) is 0 Å². The molecule has 0 amide bonds. The lowest BCUT2D eigenvalue weighted by atomic mass is 10.7. The van der Waals surface area contributed by atoms with Crippen LogP contribution in [0.1, 0.15) is 0 Å². The number of sulfone groups is 1. The van der Waals surface area contributed by atoms with Crippen molar-refractivity contribution in [1.29, 1.82) is 0 Å². The van der Waals surface area contributed by atoms with Gasteiger partial charge in [0.15, 0.2) is 9.84 Å². The van der Waals surface area contributed by atoms with Crippen molar-refractivity contribution in [3.05, 3.63) is 10.4 Å². The highest BCUT2D eigenvalue weighted by Crippen LogP contribution is 1.93. The third-order valence-corrected chi connectivity index (χ3v) is 4.60. The van der Waals surface area contributed by atoms with Crippen LogP contribution in [0.4, 0.5) is 0 Å². The van der Waals surface area contributed by atoms with Gasteiger partial charge in [0.05, 0.1) is 84.2 Å². The maximum absolute atomic E-state index is 11.8. The maximum atomic E-state index is 11.8. The Morgan fingerprint density at radius 1 is 0.704 bits per heavy atom. The zero-order valence-electron chi connectivity index (χ0n) is 15.9. The average molecular weight is 413 g/mol. The summed E-state index contributed by atoms with van der Waals surface area (Å²) in [5.41, 5.74) is 8.07. The predicted molar refractivity (Wildman–Crippen MR) is 98.6 cm³/mol. The predicted octanol–water partition coefficient (Wildman–Crippen LogP) is 0.441. The van der Waals surface area contributed by atoms with Crippen molar-refractivity contribution in [3.8, 4) is 0 Å². The summed E-state index contributed by atoms with van der Waals surface area (Å²) in [7, 11) is -1.61. The smallest absolute Gasteiger partial charge is 0.154 e. The summed E-state index contributed by atoms with van der Waals surface area (Å²) in [6.07, 6.45) is 0. The fourth-order valence-corrected chi connectivity index (χ4v) is 2.58. The fraction of sp³-hybridized carbons (Fsp3) is 1.00. The topological polar surface area (TPSA) is 138 Å². The van der Waals surface area contributed by atoms with E-state index in [0.29, 0.717) is 66.0 Å². The lowest BCUT2D eigenvalue weighted by molar-refractivity contribution is 0.0187. The molecule has 0 aliphatic carbocycles. The average Bonchev–Trinajstić information content (AvgIpc) is 2.64. The molecular formula is C15H31N3O8S. The first kappa shape index (κ1) is 26.0. The Morgan fingerprint density at radius 2 is 1.11 bits per heavy atom. The van der Waals surface area contributed by atoms with E-state index >= 15 is 0 Å². The zero-order chi connectivity index (χ0) is 20.1. The summed E-state index contributed by atoms with van der Waals surface area (Å²) in [5.74, 6) is -0.0959. The van der Waals surface area contributed by atoms with Gasteiger partial charge in [0.2, 0.25) is 0 Å². The second-order valence-corrected chi connectivity index (χ2v) is 7.46. The molecule has 0 aromatic carbocycles. The third kappa shape index (κ3) is 21.2. The van der Waals surface area contributed by atoms with Crippen LogP contribution in [0.5, 0.6) is 0 Å². The molecule has 0 saturated carbocycles. The molecule has 0 saturated heterocycles. The molecule has 0 bridgehead atoms. The molecule has 0 aromatic heterocycles. The van der Waals surface area contributed by atoms with Gasteiger partial charge in [-0.25, -0.2) is 8.42 Å². The normalized spacial score (nSPS) is 11.4. The largest absolute Gasteiger partial charge is 0.382 e. The van der Waals surface area contributed by atoms with E-state index in [1.165, 1.54) is 0 Å². The SMILES string of the molecule is COCCOCCOCCS(=O)(=O)CCOCCOCCOCCN=[N+]=[N-]. The standard InChI is InChI=1S/C15H31N3O8S/c1-21-4-5-23-8-10-25-12-14-27(19,20)15-13-26-11-9-24-7-6-22-3-2-17-18-16/h2-15H2,1H3. The molecule has 0 aliphatic heterocycles. The number of methoxy groups -OCH3 is 1. The number of azide groups is 1. The monoisotopic (exact) mass is 413 g/mol. The first-order chi connectivity index (χ1) is 13.1. The van der Waals surface area contributed by atoms with Gasteiger partial charge in [-0.15, -0.1) is 0 Å². The van der Waals surface area contributed by atoms with Crippen molar-refractivity contribution >= 4 is 9.84 Å². The third-order valence-electron chi connectivity index (χ3n) is 3.02. The van der Waals surface area contributed by atoms with Crippen LogP contribution in [0, 0.1) is 0 Å². The Bertz CT molecular complexity index is 472. The molecule has 0 unspecified atom stereocenters. The Balaban J connectivity index is 3.35. The molecule has 0 spiro atoms. The second-order valence-electron chi connectivity index (χ2n) is 5.16. The van der Waals surface area contributed by atoms with Gasteiger partial charge in [-0.1, -0.05) is 5.11 Å². The van der Waals surface area contributed by atoms with Crippen molar-refractivity contribution in [2.75, 3.05) is 97.8 Å². The molecule has 0 heterocycles. The van der Waals surface area contributed by atoms with Gasteiger partial charge in [-0.2, -0.15) is 0 Å². The number of rotatable bonds is 21. The quantitative estimate of drug-likeness (QED) is 0.114. The van der Waals surface area contributed by atoms with E-state index in [9.17, 15) is 8.42 Å². The van der Waals surface area contributed by atoms with Gasteiger partial charge in [0, 0.05) is 18.6 Å². The first-order valence-electron chi connectivity index (χ1n) is 8.71. The summed E-state index contributed by atoms with van der Waals surface area (Å²) >= 11 is 0. The molecule has 0 radical (unpaired) electrons. The molecule has 27 heavy (non-hydrogen) atoms. The van der Waals surface area contributed by atoms with Gasteiger partial charge in [-0.3, -0.25) is 0 Å². The van der Waals surface area contributed by atoms with Crippen molar-refractivity contribution in [1.82, 2.24) is 0 Å². The van der Waals surface area contributed by atoms with Gasteiger partial charge in [0.1, 0.15) is 0 Å². The highest BCUT2D eigenvalue weighted by molar-refractivity contribution is 7.91. The Morgan fingerprint density at radius 3 is 1.56 bits per heavy atom. The minimum absolute atomic E-state index is 0.0435. The van der Waals surface area contributed by atoms with Crippen molar-refractivity contribution in [3.63, 3.8) is 0 Å². The summed E-state index contributed by atoms with van der Waals surface area (Å²) in [4.78, 5) is 2.60. The van der Waals surface area contributed by atoms with Crippen molar-refractivity contribution in [2.45, 2.75) is 0 Å². The van der Waals surface area contributed by atoms with Crippen LogP contribution in [-0.2, 0) is 38.3 Å². The van der Waals surface area contributed by atoms with Crippen LogP contribution in [0.25, 0.3) is 10.4 Å². The van der Waals surface area contributed by atoms with E-state index in [0.717, 1.165) is 0 Å². The summed E-state index contributed by atoms with van der Waals surface area (Å²) in [6.45, 7) is 4.12. The van der Waals surface area contributed by atoms with Gasteiger partial charge < -0.3 is 28.4 Å². The van der Waals surface area contributed by atoms with E-state index in [1.54, 1.807) is 7.11 Å². The van der Waals surface area contributed by atoms with Crippen LogP contribution < -0.4 is 0 Å². The molecular weight excluding hydrogens is 382 g/mol. The number of hydrogen-bond donors (Lipinski definition) is 0. The zero-order valence-corrected chi connectivity index (χ0v) is 16.7. The summed E-state index contributed by atoms with van der Waals surface area (Å²) in [5, 5.41) is 3.33. The summed E-state index contributed by atoms with van der Waals surface area (Å²) in [6, 6.07) is 0. The first-order valence-corrected chi connectivity index (χ1v) is 10.5. The molecule has 0 N–H and O–H groups in total. The maximum Gasteiger partial charge on any atom is 0.154 e. The van der Waals surface area contributed by atoms with E-state index in [4.69, 9.17) is 34.0 Å². The lowest BCUT2D eigenvalue weighted by Gasteiger charge is -2.08. The molecule has 0 rings (SSSR count). The van der Waals surface area contributed by atoms with Crippen LogP contribution in [0.2, 0.25) is 0 Å². The van der Waals surface area contributed by atoms with E-state index in [2.05, 4.69) is 10.0 Å². The minimum Gasteiger partial charge on any atom is -0.382 e.